The molecule has 2 saturated carbocycles. The molecule has 2 aliphatic carbocycles. The Morgan fingerprint density at radius 2 is 2.12 bits per heavy atom. The van der Waals surface area contributed by atoms with Gasteiger partial charge in [-0.15, -0.1) is 0 Å². The zero-order valence-electron chi connectivity index (χ0n) is 11.0. The van der Waals surface area contributed by atoms with E-state index in [0.717, 1.165) is 25.6 Å². The molecular weight excluding hydrogens is 212 g/mol. The number of rotatable bonds is 4. The van der Waals surface area contributed by atoms with Crippen molar-refractivity contribution in [3.8, 4) is 0 Å². The normalized spacial score (nSPS) is 37.8. The maximum atomic E-state index is 6.11. The Labute approximate surface area is 105 Å². The van der Waals surface area contributed by atoms with Gasteiger partial charge in [0.1, 0.15) is 0 Å². The maximum absolute atomic E-state index is 6.11. The van der Waals surface area contributed by atoms with Gasteiger partial charge in [-0.2, -0.15) is 0 Å². The highest BCUT2D eigenvalue weighted by Gasteiger charge is 2.45. The Hall–Kier alpha value is -0.120. The van der Waals surface area contributed by atoms with Crippen molar-refractivity contribution in [3.63, 3.8) is 0 Å². The first kappa shape index (κ1) is 11.9. The minimum Gasteiger partial charge on any atom is -0.375 e. The molecule has 3 unspecified atom stereocenters. The summed E-state index contributed by atoms with van der Waals surface area (Å²) in [5, 5.41) is 0. The first-order valence-electron chi connectivity index (χ1n) is 7.31. The van der Waals surface area contributed by atoms with E-state index in [1.807, 2.05) is 0 Å². The molecule has 0 aromatic carbocycles. The average Bonchev–Trinajstić information content (AvgIpc) is 3.02. The van der Waals surface area contributed by atoms with Crippen LogP contribution >= 0.6 is 0 Å². The van der Waals surface area contributed by atoms with Crippen molar-refractivity contribution in [2.24, 2.45) is 11.7 Å². The van der Waals surface area contributed by atoms with E-state index in [-0.39, 0.29) is 5.54 Å². The van der Waals surface area contributed by atoms with Gasteiger partial charge in [-0.25, -0.2) is 0 Å². The summed E-state index contributed by atoms with van der Waals surface area (Å²) in [7, 11) is 0. The van der Waals surface area contributed by atoms with Crippen molar-refractivity contribution < 1.29 is 4.74 Å². The van der Waals surface area contributed by atoms with Crippen molar-refractivity contribution in [1.29, 1.82) is 0 Å². The summed E-state index contributed by atoms with van der Waals surface area (Å²) in [6.45, 7) is 5.17. The predicted octanol–water partition coefficient (Wildman–Crippen LogP) is 1.76. The predicted molar refractivity (Wildman–Crippen MR) is 68.9 cm³/mol. The summed E-state index contributed by atoms with van der Waals surface area (Å²) in [6.07, 6.45) is 8.54. The molecule has 3 atom stereocenters. The van der Waals surface area contributed by atoms with Crippen LogP contribution in [0.3, 0.4) is 0 Å². The van der Waals surface area contributed by atoms with E-state index in [0.29, 0.717) is 12.1 Å². The quantitative estimate of drug-likeness (QED) is 0.811. The van der Waals surface area contributed by atoms with Crippen LogP contribution in [0.25, 0.3) is 0 Å². The summed E-state index contributed by atoms with van der Waals surface area (Å²) in [6, 6.07) is 0.649. The first-order chi connectivity index (χ1) is 8.23. The molecule has 2 N–H and O–H groups in total. The largest absolute Gasteiger partial charge is 0.375 e. The summed E-state index contributed by atoms with van der Waals surface area (Å²) in [5.41, 5.74) is 6.33. The van der Waals surface area contributed by atoms with Crippen molar-refractivity contribution in [2.75, 3.05) is 19.7 Å². The second-order valence-electron chi connectivity index (χ2n) is 6.45. The van der Waals surface area contributed by atoms with Crippen molar-refractivity contribution in [1.82, 2.24) is 4.90 Å². The molecule has 17 heavy (non-hydrogen) atoms. The molecule has 1 heterocycles. The molecule has 98 valence electrons. The van der Waals surface area contributed by atoms with Crippen LogP contribution < -0.4 is 5.73 Å². The van der Waals surface area contributed by atoms with Gasteiger partial charge in [0.15, 0.2) is 0 Å². The molecule has 0 radical (unpaired) electrons. The van der Waals surface area contributed by atoms with Crippen LogP contribution in [0.15, 0.2) is 0 Å². The third-order valence-corrected chi connectivity index (χ3v) is 5.04. The monoisotopic (exact) mass is 238 g/mol. The summed E-state index contributed by atoms with van der Waals surface area (Å²) >= 11 is 0. The van der Waals surface area contributed by atoms with Gasteiger partial charge in [-0.1, -0.05) is 12.8 Å². The molecule has 3 rings (SSSR count). The fourth-order valence-electron chi connectivity index (χ4n) is 3.86. The number of morpholine rings is 1. The number of ether oxygens (including phenoxy) is 1. The Balaban J connectivity index is 1.74. The van der Waals surface area contributed by atoms with Crippen LogP contribution in [-0.2, 0) is 4.74 Å². The van der Waals surface area contributed by atoms with Crippen molar-refractivity contribution >= 4 is 0 Å². The Morgan fingerprint density at radius 1 is 1.29 bits per heavy atom. The van der Waals surface area contributed by atoms with E-state index < -0.39 is 0 Å². The summed E-state index contributed by atoms with van der Waals surface area (Å²) in [4.78, 5) is 2.70. The topological polar surface area (TPSA) is 38.5 Å². The van der Waals surface area contributed by atoms with E-state index in [2.05, 4.69) is 11.8 Å². The smallest absolute Gasteiger partial charge is 0.0731 e. The Bertz CT molecular complexity index is 279. The van der Waals surface area contributed by atoms with Gasteiger partial charge in [-0.05, 0) is 38.5 Å². The van der Waals surface area contributed by atoms with Gasteiger partial charge in [0.05, 0.1) is 12.7 Å². The molecule has 0 aromatic heterocycles. The van der Waals surface area contributed by atoms with Gasteiger partial charge < -0.3 is 10.5 Å². The molecule has 3 heteroatoms. The van der Waals surface area contributed by atoms with E-state index in [9.17, 15) is 0 Å². The molecule has 1 saturated heterocycles. The second kappa shape index (κ2) is 4.52. The lowest BCUT2D eigenvalue weighted by Crippen LogP contribution is -2.61. The Kier molecular flexibility index (Phi) is 3.18. The number of nitrogens with two attached hydrogens (primary N) is 1. The van der Waals surface area contributed by atoms with Crippen molar-refractivity contribution in [3.05, 3.63) is 0 Å². The lowest BCUT2D eigenvalue weighted by atomic mass is 9.89. The van der Waals surface area contributed by atoms with Crippen LogP contribution in [0.4, 0.5) is 0 Å². The fourth-order valence-corrected chi connectivity index (χ4v) is 3.86. The van der Waals surface area contributed by atoms with Gasteiger partial charge in [-0.3, -0.25) is 4.90 Å². The number of nitrogens with zero attached hydrogens (tertiary/aromatic N) is 1. The van der Waals surface area contributed by atoms with Crippen LogP contribution in [0.1, 0.15) is 45.4 Å². The van der Waals surface area contributed by atoms with E-state index >= 15 is 0 Å². The highest BCUT2D eigenvalue weighted by atomic mass is 16.5. The number of hydrogen-bond acceptors (Lipinski definition) is 3. The van der Waals surface area contributed by atoms with Gasteiger partial charge in [0.25, 0.3) is 0 Å². The fraction of sp³-hybridized carbons (Fsp3) is 1.00. The van der Waals surface area contributed by atoms with E-state index in [1.54, 1.807) is 0 Å². The van der Waals surface area contributed by atoms with Crippen LogP contribution in [0, 0.1) is 5.92 Å². The summed E-state index contributed by atoms with van der Waals surface area (Å²) < 4.78 is 5.91. The zero-order valence-corrected chi connectivity index (χ0v) is 11.0. The third-order valence-electron chi connectivity index (χ3n) is 5.04. The molecule has 0 spiro atoms. The molecule has 3 aliphatic rings. The molecule has 0 bridgehead atoms. The molecule has 0 amide bonds. The minimum absolute atomic E-state index is 0.220. The number of fused-ring (bicyclic) bond motifs is 1. The molecule has 1 aliphatic heterocycles. The Morgan fingerprint density at radius 3 is 2.82 bits per heavy atom. The lowest BCUT2D eigenvalue weighted by Gasteiger charge is -2.49. The van der Waals surface area contributed by atoms with E-state index in [1.165, 1.54) is 38.5 Å². The molecule has 0 aromatic rings. The molecule has 3 fully saturated rings. The van der Waals surface area contributed by atoms with Gasteiger partial charge in [0.2, 0.25) is 0 Å². The van der Waals surface area contributed by atoms with E-state index in [4.69, 9.17) is 10.5 Å². The first-order valence-corrected chi connectivity index (χ1v) is 7.31. The van der Waals surface area contributed by atoms with Gasteiger partial charge in [0, 0.05) is 24.7 Å². The second-order valence-corrected chi connectivity index (χ2v) is 6.45. The highest BCUT2D eigenvalue weighted by Crippen LogP contribution is 2.42. The third kappa shape index (κ3) is 2.25. The highest BCUT2D eigenvalue weighted by molar-refractivity contribution is 5.00. The maximum Gasteiger partial charge on any atom is 0.0731 e. The zero-order chi connectivity index (χ0) is 11.9. The summed E-state index contributed by atoms with van der Waals surface area (Å²) in [5.74, 6) is 0.950. The average molecular weight is 238 g/mol. The number of hydrogen-bond donors (Lipinski definition) is 1. The van der Waals surface area contributed by atoms with Crippen LogP contribution in [0.5, 0.6) is 0 Å². The van der Waals surface area contributed by atoms with Gasteiger partial charge >= 0.3 is 0 Å². The van der Waals surface area contributed by atoms with Crippen LogP contribution in [-0.4, -0.2) is 42.3 Å². The van der Waals surface area contributed by atoms with Crippen LogP contribution in [0.2, 0.25) is 0 Å². The molecular formula is C14H26N2O. The molecule has 3 nitrogen and oxygen atoms in total. The lowest BCUT2D eigenvalue weighted by molar-refractivity contribution is -0.0961. The SMILES string of the molecule is CC(CN)(CC1CC1)N1CCOC2CCCC21. The van der Waals surface area contributed by atoms with Crippen molar-refractivity contribution in [2.45, 2.75) is 63.1 Å². The standard InChI is InChI=1S/C14H26N2O/c1-14(10-15,9-11-5-6-11)16-7-8-17-13-4-2-3-12(13)16/h11-13H,2-10,15H2,1H3. The minimum atomic E-state index is 0.220.